The number of carbonyl (C=O) groups is 1. The van der Waals surface area contributed by atoms with Crippen LogP contribution in [0.4, 0.5) is 19.4 Å². The Hall–Kier alpha value is -5.10. The normalized spacial score (nSPS) is 25.3. The highest BCUT2D eigenvalue weighted by Crippen LogP contribution is 2.48. The van der Waals surface area contributed by atoms with Gasteiger partial charge in [0.15, 0.2) is 5.82 Å². The first-order chi connectivity index (χ1) is 27.4. The van der Waals surface area contributed by atoms with Gasteiger partial charge in [-0.05, 0) is 70.9 Å². The topological polar surface area (TPSA) is 112 Å². The van der Waals surface area contributed by atoms with Crippen LogP contribution >= 0.6 is 0 Å². The van der Waals surface area contributed by atoms with Gasteiger partial charge in [-0.15, -0.1) is 6.42 Å². The van der Waals surface area contributed by atoms with Crippen LogP contribution in [0.3, 0.4) is 0 Å². The number of terminal acetylenes is 1. The molecule has 2 aromatic carbocycles. The number of methoxy groups -OCH3 is 1. The summed E-state index contributed by atoms with van der Waals surface area (Å²) >= 11 is 0. The number of fused-ring (bicyclic) bond motifs is 7. The quantitative estimate of drug-likeness (QED) is 0.0834. The fourth-order valence-corrected chi connectivity index (χ4v) is 9.80. The highest BCUT2D eigenvalue weighted by molar-refractivity contribution is 6.03. The molecule has 9 rings (SSSR count). The van der Waals surface area contributed by atoms with Crippen LogP contribution in [0.25, 0.3) is 32.9 Å². The van der Waals surface area contributed by atoms with E-state index in [1.165, 1.54) is 13.2 Å². The van der Waals surface area contributed by atoms with Crippen molar-refractivity contribution in [2.45, 2.75) is 88.2 Å². The Morgan fingerprint density at radius 1 is 1.12 bits per heavy atom. The maximum atomic E-state index is 17.6. The molecule has 2 bridgehead atoms. The third kappa shape index (κ3) is 6.13. The largest absolute Gasteiger partial charge is 0.469 e. The molecule has 4 saturated heterocycles. The summed E-state index contributed by atoms with van der Waals surface area (Å²) in [7, 11) is 1.53. The number of ether oxygens (including phenoxy) is 5. The van der Waals surface area contributed by atoms with Gasteiger partial charge < -0.3 is 28.6 Å². The number of benzene rings is 2. The second kappa shape index (κ2) is 14.1. The minimum Gasteiger partial charge on any atom is -0.469 e. The lowest BCUT2D eigenvalue weighted by Gasteiger charge is -2.48. The Kier molecular flexibility index (Phi) is 9.25. The number of hydrogen-bond acceptors (Lipinski definition) is 11. The smallest absolute Gasteiger partial charge is 0.410 e. The molecule has 4 aromatic rings. The van der Waals surface area contributed by atoms with E-state index in [0.717, 1.165) is 37.9 Å². The molecule has 0 radical (unpaired) electrons. The first-order valence-corrected chi connectivity index (χ1v) is 19.6. The van der Waals surface area contributed by atoms with Gasteiger partial charge in [0.1, 0.15) is 53.3 Å². The molecule has 57 heavy (non-hydrogen) atoms. The van der Waals surface area contributed by atoms with Crippen LogP contribution in [-0.4, -0.2) is 113 Å². The highest BCUT2D eigenvalue weighted by atomic mass is 19.1. The lowest BCUT2D eigenvalue weighted by atomic mass is 9.91. The molecule has 5 aliphatic rings. The number of rotatable bonds is 8. The third-order valence-corrected chi connectivity index (χ3v) is 12.2. The summed E-state index contributed by atoms with van der Waals surface area (Å²) in [5, 5.41) is 1.20. The van der Waals surface area contributed by atoms with Gasteiger partial charge in [0, 0.05) is 31.1 Å². The van der Waals surface area contributed by atoms with E-state index in [9.17, 15) is 4.79 Å². The van der Waals surface area contributed by atoms with E-state index >= 15 is 8.78 Å². The Morgan fingerprint density at radius 2 is 1.96 bits per heavy atom. The van der Waals surface area contributed by atoms with Crippen LogP contribution in [0.5, 0.6) is 11.9 Å². The molecule has 5 unspecified atom stereocenters. The number of pyridine rings is 1. The molecule has 5 aliphatic heterocycles. The Balaban J connectivity index is 1.24. The zero-order chi connectivity index (χ0) is 39.8. The molecule has 298 valence electrons. The van der Waals surface area contributed by atoms with E-state index in [2.05, 4.69) is 22.3 Å². The van der Waals surface area contributed by atoms with Crippen LogP contribution in [0.15, 0.2) is 42.5 Å². The van der Waals surface area contributed by atoms with Gasteiger partial charge in [-0.2, -0.15) is 9.97 Å². The van der Waals surface area contributed by atoms with Crippen LogP contribution < -0.4 is 14.4 Å². The number of hydrogen-bond donors (Lipinski definition) is 0. The number of amides is 1. The zero-order valence-electron chi connectivity index (χ0n) is 32.6. The molecule has 14 heteroatoms. The second-order valence-corrected chi connectivity index (χ2v) is 16.6. The van der Waals surface area contributed by atoms with Crippen molar-refractivity contribution in [3.05, 3.63) is 59.7 Å². The molecule has 0 aliphatic carbocycles. The van der Waals surface area contributed by atoms with Gasteiger partial charge in [-0.25, -0.2) is 18.6 Å². The van der Waals surface area contributed by atoms with E-state index in [-0.39, 0.29) is 77.2 Å². The number of nitrogens with zero attached hydrogens (tertiary/aromatic N) is 6. The predicted octanol–water partition coefficient (Wildman–Crippen LogP) is 6.62. The standard InChI is InChI=1S/C43H46F2N6O6/c1-7-27-29(44)14-12-25-10-8-11-28(32(25)27)35-34(45)36-33-38(48-40(47-36)55-22-43-17-9-18-49(43)19-16-24(43)2)50-20-26-13-15-30(51(26)41(52)57-42(3,4)5)37(50)31(21-54-23-53-6)56-39(33)46-35/h1,8,10-12,14,26,30-31,37H,2,9,13,15-23H2,3-6H3. The fourth-order valence-electron chi connectivity index (χ4n) is 9.80. The Labute approximate surface area is 330 Å². The first kappa shape index (κ1) is 37.5. The maximum absolute atomic E-state index is 17.6. The Bertz CT molecular complexity index is 2350. The van der Waals surface area contributed by atoms with Gasteiger partial charge in [-0.3, -0.25) is 9.80 Å². The van der Waals surface area contributed by atoms with Crippen molar-refractivity contribution in [2.24, 2.45) is 0 Å². The highest BCUT2D eigenvalue weighted by Gasteiger charge is 2.55. The fraction of sp³-hybridized carbons (Fsp3) is 0.488. The van der Waals surface area contributed by atoms with Crippen LogP contribution in [-0.2, 0) is 14.2 Å². The lowest BCUT2D eigenvalue weighted by molar-refractivity contribution is -0.0684. The summed E-state index contributed by atoms with van der Waals surface area (Å²) in [4.78, 5) is 34.8. The van der Waals surface area contributed by atoms with Gasteiger partial charge in [0.05, 0.1) is 35.8 Å². The number of piperazine rings is 1. The maximum Gasteiger partial charge on any atom is 0.410 e. The van der Waals surface area contributed by atoms with Crippen molar-refractivity contribution in [1.82, 2.24) is 24.8 Å². The van der Waals surface area contributed by atoms with Crippen molar-refractivity contribution in [3.63, 3.8) is 0 Å². The molecule has 7 heterocycles. The molecule has 0 saturated carbocycles. The first-order valence-electron chi connectivity index (χ1n) is 19.6. The monoisotopic (exact) mass is 780 g/mol. The SMILES string of the molecule is C#Cc1c(F)ccc2cccc(-c3nc4c5c(nc(OCC67CCCN6CCC7=C)nc5c3F)N3CC5CCC(C3C(COCOC)O4)N5C(=O)OC(C)(C)C)c12. The molecule has 12 nitrogen and oxygen atoms in total. The van der Waals surface area contributed by atoms with Crippen molar-refractivity contribution < 1.29 is 37.3 Å². The summed E-state index contributed by atoms with van der Waals surface area (Å²) in [6.07, 6.45) is 8.84. The molecule has 0 spiro atoms. The molecule has 5 atom stereocenters. The number of halogens is 2. The molecular weight excluding hydrogens is 735 g/mol. The van der Waals surface area contributed by atoms with Gasteiger partial charge in [-0.1, -0.05) is 42.3 Å². The zero-order valence-corrected chi connectivity index (χ0v) is 32.6. The summed E-state index contributed by atoms with van der Waals surface area (Å²) in [6, 6.07) is 6.93. The van der Waals surface area contributed by atoms with Gasteiger partial charge >= 0.3 is 12.1 Å². The van der Waals surface area contributed by atoms with Gasteiger partial charge in [0.25, 0.3) is 0 Å². The number of aromatic nitrogens is 3. The molecule has 1 amide bonds. The molecule has 4 fully saturated rings. The van der Waals surface area contributed by atoms with Crippen molar-refractivity contribution in [1.29, 1.82) is 0 Å². The van der Waals surface area contributed by atoms with Crippen molar-refractivity contribution in [2.75, 3.05) is 51.7 Å². The third-order valence-electron chi connectivity index (χ3n) is 12.2. The van der Waals surface area contributed by atoms with Crippen molar-refractivity contribution >= 4 is 33.6 Å². The number of anilines is 1. The average Bonchev–Trinajstić information content (AvgIpc) is 3.81. The lowest BCUT2D eigenvalue weighted by Crippen LogP contribution is -2.66. The van der Waals surface area contributed by atoms with Crippen LogP contribution in [0.2, 0.25) is 0 Å². The predicted molar refractivity (Wildman–Crippen MR) is 209 cm³/mol. The average molecular weight is 781 g/mol. The van der Waals surface area contributed by atoms with E-state index in [4.69, 9.17) is 45.1 Å². The van der Waals surface area contributed by atoms with Crippen LogP contribution in [0.1, 0.15) is 58.4 Å². The second-order valence-electron chi connectivity index (χ2n) is 16.6. The van der Waals surface area contributed by atoms with Crippen molar-refractivity contribution in [3.8, 4) is 35.5 Å². The summed E-state index contributed by atoms with van der Waals surface area (Å²) in [5.41, 5.74) is 0.0987. The van der Waals surface area contributed by atoms with E-state index in [1.54, 1.807) is 24.3 Å². The van der Waals surface area contributed by atoms with Crippen LogP contribution in [0, 0.1) is 24.0 Å². The van der Waals surface area contributed by atoms with E-state index < -0.39 is 35.5 Å². The summed E-state index contributed by atoms with van der Waals surface area (Å²) in [5.74, 6) is 1.52. The molecular formula is C43H46F2N6O6. The van der Waals surface area contributed by atoms with E-state index in [1.807, 2.05) is 25.7 Å². The molecule has 0 N–H and O–H groups in total. The summed E-state index contributed by atoms with van der Waals surface area (Å²) in [6.45, 7) is 12.4. The minimum absolute atomic E-state index is 0.0107. The number of carbonyl (C=O) groups excluding carboxylic acids is 1. The summed E-state index contributed by atoms with van der Waals surface area (Å²) < 4.78 is 63.3. The molecule has 2 aromatic heterocycles. The minimum atomic E-state index is -0.766. The Morgan fingerprint density at radius 3 is 2.75 bits per heavy atom. The van der Waals surface area contributed by atoms with Gasteiger partial charge in [0.2, 0.25) is 5.88 Å². The van der Waals surface area contributed by atoms with E-state index in [0.29, 0.717) is 36.0 Å².